The van der Waals surface area contributed by atoms with E-state index in [0.29, 0.717) is 0 Å². The van der Waals surface area contributed by atoms with Gasteiger partial charge in [-0.05, 0) is 126 Å². The molecule has 3 rings (SSSR count). The van der Waals surface area contributed by atoms with Crippen LogP contribution in [0.4, 0.5) is 26.3 Å². The Balaban J connectivity index is 0.000000351. The van der Waals surface area contributed by atoms with Crippen molar-refractivity contribution in [2.75, 3.05) is 0 Å². The molecule has 0 saturated carbocycles. The van der Waals surface area contributed by atoms with Gasteiger partial charge >= 0.3 is 121 Å². The number of carbonyl (C=O) groups excluding carboxylic acids is 2. The van der Waals surface area contributed by atoms with Crippen molar-refractivity contribution >= 4 is 100 Å². The zero-order valence-electron chi connectivity index (χ0n) is 23.0. The molecule has 3 aromatic carbocycles. The fraction of sp³-hybridized carbons (Fsp3) is 0.286. The summed E-state index contributed by atoms with van der Waals surface area (Å²) in [6.45, 7) is 13.0. The maximum absolute atomic E-state index is 12.1. The van der Waals surface area contributed by atoms with Gasteiger partial charge < -0.3 is 0 Å². The molecule has 232 valence electrons. The Kier molecular flexibility index (Phi) is 15.8. The Morgan fingerprint density at radius 2 is 0.881 bits per heavy atom. The summed E-state index contributed by atoms with van der Waals surface area (Å²) in [5.74, 6) is -5.43. The molecule has 0 aliphatic heterocycles. The van der Waals surface area contributed by atoms with Crippen LogP contribution < -0.4 is 0 Å². The number of halogens is 10. The molecule has 3 aromatic rings. The predicted octanol–water partition coefficient (Wildman–Crippen LogP) is 10.4. The second-order valence-corrected chi connectivity index (χ2v) is 15.3. The molecule has 42 heavy (non-hydrogen) atoms. The zero-order valence-corrected chi connectivity index (χ0v) is 31.7. The van der Waals surface area contributed by atoms with E-state index in [1.807, 2.05) is 0 Å². The van der Waals surface area contributed by atoms with E-state index in [1.54, 1.807) is 0 Å². The first-order chi connectivity index (χ1) is 19.2. The van der Waals surface area contributed by atoms with Crippen molar-refractivity contribution in [1.29, 1.82) is 0 Å². The van der Waals surface area contributed by atoms with Crippen LogP contribution in [0.25, 0.3) is 0 Å². The third kappa shape index (κ3) is 12.6. The standard InChI is InChI=1S/C10H5F6IO4.C9H9I3.C9H12/c11-9(12,13)7(18)20-17(6-4-2-1-3-5-6)21-8(19)10(14,15)16;1-4-7(10)5(2)9(12)6(3)8(4)11;1-7-4-8(2)6-9(3)5-7/h1-5H;1-3H3;4-6H,1-3H3. The molecule has 0 spiro atoms. The number of rotatable bonds is 3. The topological polar surface area (TPSA) is 52.6 Å². The number of hydrogen-bond donors (Lipinski definition) is 0. The first-order valence-electron chi connectivity index (χ1n) is 11.7. The van der Waals surface area contributed by atoms with Crippen LogP contribution in [-0.4, -0.2) is 24.3 Å². The summed E-state index contributed by atoms with van der Waals surface area (Å²) in [5.41, 5.74) is 8.33. The maximum atomic E-state index is 12.1. The minimum atomic E-state index is -5.41. The number of aryl methyl sites for hydroxylation is 3. The van der Waals surface area contributed by atoms with Crippen molar-refractivity contribution in [3.8, 4) is 0 Å². The van der Waals surface area contributed by atoms with Crippen LogP contribution in [0, 0.1) is 55.8 Å². The molecule has 14 heteroatoms. The Morgan fingerprint density at radius 1 is 0.595 bits per heavy atom. The molecule has 0 atom stereocenters. The molecule has 0 amide bonds. The van der Waals surface area contributed by atoms with Crippen LogP contribution in [0.2, 0.25) is 0 Å². The average Bonchev–Trinajstić information content (AvgIpc) is 2.88. The van der Waals surface area contributed by atoms with E-state index in [0.717, 1.165) is 12.1 Å². The second-order valence-electron chi connectivity index (χ2n) is 8.72. The van der Waals surface area contributed by atoms with E-state index in [2.05, 4.69) is 134 Å². The van der Waals surface area contributed by atoms with Crippen LogP contribution in [-0.2, 0) is 15.7 Å². The summed E-state index contributed by atoms with van der Waals surface area (Å²) in [7, 11) is 0. The quantitative estimate of drug-likeness (QED) is 0.194. The zero-order chi connectivity index (χ0) is 32.6. The van der Waals surface area contributed by atoms with Crippen molar-refractivity contribution in [3.63, 3.8) is 0 Å². The molecule has 0 radical (unpaired) electrons. The fourth-order valence-electron chi connectivity index (χ4n) is 3.17. The molecule has 0 aromatic heterocycles. The number of carbonyl (C=O) groups is 2. The summed E-state index contributed by atoms with van der Waals surface area (Å²) in [5, 5.41) is 0. The van der Waals surface area contributed by atoms with Gasteiger partial charge in [0.25, 0.3) is 0 Å². The van der Waals surface area contributed by atoms with Gasteiger partial charge in [-0.3, -0.25) is 0 Å². The molecule has 0 saturated heterocycles. The monoisotopic (exact) mass is 1050 g/mol. The molecule has 0 fully saturated rings. The Bertz CT molecular complexity index is 1210. The van der Waals surface area contributed by atoms with Gasteiger partial charge in [-0.1, -0.05) is 34.9 Å². The Hall–Kier alpha value is -0.900. The molecule has 0 N–H and O–H groups in total. The van der Waals surface area contributed by atoms with Crippen LogP contribution in [0.5, 0.6) is 0 Å². The number of alkyl halides is 6. The molecular formula is C28H26F6I4O4. The first kappa shape index (κ1) is 39.1. The van der Waals surface area contributed by atoms with Crippen molar-refractivity contribution in [2.24, 2.45) is 0 Å². The van der Waals surface area contributed by atoms with Gasteiger partial charge in [0.15, 0.2) is 0 Å². The molecule has 4 nitrogen and oxygen atoms in total. The summed E-state index contributed by atoms with van der Waals surface area (Å²) >= 11 is 3.03. The van der Waals surface area contributed by atoms with Crippen molar-refractivity contribution < 1.29 is 42.1 Å². The van der Waals surface area contributed by atoms with Crippen LogP contribution in [0.1, 0.15) is 33.4 Å². The van der Waals surface area contributed by atoms with Crippen molar-refractivity contribution in [1.82, 2.24) is 0 Å². The summed E-state index contributed by atoms with van der Waals surface area (Å²) in [6, 6.07) is 12.7. The van der Waals surface area contributed by atoms with Gasteiger partial charge in [0, 0.05) is 10.7 Å². The van der Waals surface area contributed by atoms with Gasteiger partial charge in [-0.15, -0.1) is 0 Å². The second kappa shape index (κ2) is 17.0. The average molecular weight is 1050 g/mol. The van der Waals surface area contributed by atoms with Gasteiger partial charge in [0.05, 0.1) is 0 Å². The molecule has 0 bridgehead atoms. The van der Waals surface area contributed by atoms with Crippen LogP contribution in [0.15, 0.2) is 48.5 Å². The van der Waals surface area contributed by atoms with E-state index in [4.69, 9.17) is 0 Å². The molecule has 0 heterocycles. The summed E-state index contributed by atoms with van der Waals surface area (Å²) in [6.07, 6.45) is -10.8. The Morgan fingerprint density at radius 3 is 1.14 bits per heavy atom. The van der Waals surface area contributed by atoms with E-state index >= 15 is 0 Å². The molecule has 0 aliphatic carbocycles. The SMILES string of the molecule is Cc1c(I)c(C)c(I)c(C)c1I.Cc1cc(C)cc(C)c1.O=C(OI(OC(=O)C(F)(F)F)c1ccccc1)C(F)(F)F. The van der Waals surface area contributed by atoms with E-state index in [-0.39, 0.29) is 3.57 Å². The third-order valence-corrected chi connectivity index (χ3v) is 13.2. The Labute approximate surface area is 289 Å². The minimum absolute atomic E-state index is 0.211. The molecule has 0 aliphatic rings. The van der Waals surface area contributed by atoms with E-state index in [1.165, 1.54) is 62.3 Å². The van der Waals surface area contributed by atoms with Crippen LogP contribution in [0.3, 0.4) is 0 Å². The number of benzene rings is 3. The molecule has 0 unspecified atom stereocenters. The van der Waals surface area contributed by atoms with Crippen LogP contribution >= 0.6 is 88.4 Å². The van der Waals surface area contributed by atoms with Crippen molar-refractivity contribution in [3.05, 3.63) is 96.2 Å². The first-order valence-corrected chi connectivity index (χ1v) is 17.7. The number of hydrogen-bond acceptors (Lipinski definition) is 4. The summed E-state index contributed by atoms with van der Waals surface area (Å²) < 4.78 is 84.4. The van der Waals surface area contributed by atoms with E-state index < -0.39 is 44.9 Å². The van der Waals surface area contributed by atoms with E-state index in [9.17, 15) is 35.9 Å². The fourth-order valence-corrected chi connectivity index (χ4v) is 9.17. The van der Waals surface area contributed by atoms with Gasteiger partial charge in [0.2, 0.25) is 0 Å². The van der Waals surface area contributed by atoms with Crippen molar-refractivity contribution in [2.45, 2.75) is 53.9 Å². The predicted molar refractivity (Wildman–Crippen MR) is 183 cm³/mol. The van der Waals surface area contributed by atoms with Gasteiger partial charge in [-0.2, -0.15) is 0 Å². The normalized spacial score (nSPS) is 11.4. The van der Waals surface area contributed by atoms with Gasteiger partial charge in [-0.25, -0.2) is 0 Å². The summed E-state index contributed by atoms with van der Waals surface area (Å²) in [4.78, 5) is 21.4. The van der Waals surface area contributed by atoms with Gasteiger partial charge in [0.1, 0.15) is 0 Å². The molecular weight excluding hydrogens is 1020 g/mol. The third-order valence-electron chi connectivity index (χ3n) is 5.00.